The van der Waals surface area contributed by atoms with E-state index in [9.17, 15) is 19.8 Å². The molecule has 0 radical (unpaired) electrons. The SMILES string of the molecule is COc1ccc(OP(=O)(Oc2ccc(OC)cc2)[n+]2ccc(C#N)cc2)cc1.O=[N+]([O-])c1ccc([O-])cc1. The van der Waals surface area contributed by atoms with E-state index in [0.717, 1.165) is 12.1 Å². The fourth-order valence-electron chi connectivity index (χ4n) is 2.88. The molecule has 0 aliphatic carbocycles. The Balaban J connectivity index is 0.000000336. The lowest BCUT2D eigenvalue weighted by atomic mass is 10.3. The molecule has 0 amide bonds. The molecule has 3 aromatic carbocycles. The first-order valence-corrected chi connectivity index (χ1v) is 12.4. The quantitative estimate of drug-likeness (QED) is 0.179. The van der Waals surface area contributed by atoms with Gasteiger partial charge < -0.3 is 23.6 Å². The van der Waals surface area contributed by atoms with Gasteiger partial charge in [0.25, 0.3) is 5.69 Å². The standard InChI is InChI=1S/C20H18N2O5P.C6H5NO3/c1-24-17-3-7-19(8-4-17)26-28(23,22-13-11-16(15-21)12-14-22)27-20-9-5-18(25-2)6-10-20;8-6-3-1-5(2-4-6)7(9)10/h3-14H,1-2H3;1-4,8H/q+1;/p-1. The van der Waals surface area contributed by atoms with Gasteiger partial charge in [-0.3, -0.25) is 10.1 Å². The minimum atomic E-state index is -3.87. The number of nitrogens with zero attached hydrogens (tertiary/aromatic N) is 3. The lowest BCUT2D eigenvalue weighted by Crippen LogP contribution is -2.35. The maximum atomic E-state index is 13.6. The smallest absolute Gasteiger partial charge is 0.728 e. The summed E-state index contributed by atoms with van der Waals surface area (Å²) in [6.45, 7) is 0. The highest BCUT2D eigenvalue weighted by Gasteiger charge is 2.42. The van der Waals surface area contributed by atoms with Crippen LogP contribution in [0.25, 0.3) is 0 Å². The normalized spacial score (nSPS) is 10.2. The number of methoxy groups -OCH3 is 2. The van der Waals surface area contributed by atoms with Crippen LogP contribution in [0.1, 0.15) is 5.56 Å². The van der Waals surface area contributed by atoms with Crippen LogP contribution in [0.5, 0.6) is 28.7 Å². The molecular formula is C26H22N3O8P. The van der Waals surface area contributed by atoms with Gasteiger partial charge in [-0.05, 0) is 48.5 Å². The summed E-state index contributed by atoms with van der Waals surface area (Å²) >= 11 is 0. The maximum Gasteiger partial charge on any atom is 0.728 e. The van der Waals surface area contributed by atoms with E-state index in [4.69, 9.17) is 23.8 Å². The van der Waals surface area contributed by atoms with Crippen LogP contribution in [0.15, 0.2) is 97.3 Å². The molecule has 0 spiro atoms. The monoisotopic (exact) mass is 535 g/mol. The highest BCUT2D eigenvalue weighted by Crippen LogP contribution is 2.44. The van der Waals surface area contributed by atoms with Crippen molar-refractivity contribution in [2.45, 2.75) is 0 Å². The minimum Gasteiger partial charge on any atom is -0.872 e. The van der Waals surface area contributed by atoms with Gasteiger partial charge in [-0.2, -0.15) is 9.83 Å². The third-order valence-corrected chi connectivity index (χ3v) is 6.55. The number of pyridine rings is 1. The van der Waals surface area contributed by atoms with E-state index >= 15 is 0 Å². The maximum absolute atomic E-state index is 13.6. The summed E-state index contributed by atoms with van der Waals surface area (Å²) in [5, 5.41) is 29.4. The number of benzene rings is 3. The molecule has 0 saturated heterocycles. The summed E-state index contributed by atoms with van der Waals surface area (Å²) in [6.07, 6.45) is 2.96. The fourth-order valence-corrected chi connectivity index (χ4v) is 4.34. The molecule has 0 aliphatic heterocycles. The lowest BCUT2D eigenvalue weighted by Gasteiger charge is -2.14. The topological polar surface area (TPSA) is 148 Å². The number of nitro benzene ring substituents is 1. The second kappa shape index (κ2) is 12.8. The van der Waals surface area contributed by atoms with Crippen molar-refractivity contribution in [1.82, 2.24) is 0 Å². The number of nitro groups is 1. The van der Waals surface area contributed by atoms with Crippen molar-refractivity contribution in [3.05, 3.63) is 113 Å². The van der Waals surface area contributed by atoms with Gasteiger partial charge in [0.2, 0.25) is 0 Å². The number of aromatic nitrogens is 1. The summed E-state index contributed by atoms with van der Waals surface area (Å²) in [4.78, 5) is 9.47. The summed E-state index contributed by atoms with van der Waals surface area (Å²) in [5.41, 5.74) is 0.372. The third kappa shape index (κ3) is 7.46. The van der Waals surface area contributed by atoms with Gasteiger partial charge in [0.1, 0.15) is 23.0 Å². The number of hydrogen-bond acceptors (Lipinski definition) is 9. The van der Waals surface area contributed by atoms with Crippen LogP contribution in [0.2, 0.25) is 0 Å². The fraction of sp³-hybridized carbons (Fsp3) is 0.0769. The largest absolute Gasteiger partial charge is 0.872 e. The molecule has 0 aliphatic rings. The van der Waals surface area contributed by atoms with Crippen LogP contribution in [-0.2, 0) is 4.57 Å². The first-order valence-electron chi connectivity index (χ1n) is 10.9. The Morgan fingerprint density at radius 2 is 1.18 bits per heavy atom. The number of nitriles is 1. The van der Waals surface area contributed by atoms with Crippen molar-refractivity contribution >= 4 is 13.4 Å². The van der Waals surface area contributed by atoms with E-state index in [1.165, 1.54) is 41.0 Å². The van der Waals surface area contributed by atoms with Crippen LogP contribution < -0.4 is 28.0 Å². The molecule has 194 valence electrons. The molecule has 0 atom stereocenters. The zero-order valence-electron chi connectivity index (χ0n) is 20.3. The van der Waals surface area contributed by atoms with E-state index in [-0.39, 0.29) is 11.4 Å². The number of rotatable bonds is 8. The van der Waals surface area contributed by atoms with Gasteiger partial charge in [0.05, 0.1) is 30.8 Å². The average molecular weight is 535 g/mol. The molecule has 38 heavy (non-hydrogen) atoms. The summed E-state index contributed by atoms with van der Waals surface area (Å²) < 4.78 is 36.7. The molecule has 0 bridgehead atoms. The highest BCUT2D eigenvalue weighted by atomic mass is 31.2. The zero-order valence-corrected chi connectivity index (χ0v) is 21.2. The Hall–Kier alpha value is -5.07. The predicted octanol–water partition coefficient (Wildman–Crippen LogP) is 4.65. The molecule has 4 aromatic rings. The van der Waals surface area contributed by atoms with Crippen molar-refractivity contribution in [2.75, 3.05) is 14.2 Å². The van der Waals surface area contributed by atoms with Crippen LogP contribution in [-0.4, -0.2) is 19.1 Å². The first-order chi connectivity index (χ1) is 18.3. The van der Waals surface area contributed by atoms with Crippen LogP contribution >= 0.6 is 7.75 Å². The Bertz CT molecular complexity index is 1380. The molecule has 0 N–H and O–H groups in total. The van der Waals surface area contributed by atoms with E-state index in [1.54, 1.807) is 62.8 Å². The molecule has 4 rings (SSSR count). The average Bonchev–Trinajstić information content (AvgIpc) is 2.94. The van der Waals surface area contributed by atoms with E-state index in [0.29, 0.717) is 28.6 Å². The first kappa shape index (κ1) is 27.5. The van der Waals surface area contributed by atoms with Gasteiger partial charge in [0, 0.05) is 24.3 Å². The molecule has 0 unspecified atom stereocenters. The van der Waals surface area contributed by atoms with Crippen molar-refractivity contribution in [1.29, 1.82) is 5.26 Å². The Kier molecular flexibility index (Phi) is 9.24. The molecule has 1 aromatic heterocycles. The number of ether oxygens (including phenoxy) is 2. The zero-order chi connectivity index (χ0) is 27.5. The summed E-state index contributed by atoms with van der Waals surface area (Å²) in [5.74, 6) is 1.75. The van der Waals surface area contributed by atoms with E-state index in [1.807, 2.05) is 6.07 Å². The van der Waals surface area contributed by atoms with Gasteiger partial charge in [-0.15, -0.1) is 5.75 Å². The Labute approximate surface area is 218 Å². The van der Waals surface area contributed by atoms with Gasteiger partial charge in [-0.25, -0.2) is 0 Å². The second-order valence-corrected chi connectivity index (χ2v) is 9.10. The Morgan fingerprint density at radius 1 is 0.763 bits per heavy atom. The molecule has 12 heteroatoms. The van der Waals surface area contributed by atoms with Crippen LogP contribution in [0.4, 0.5) is 5.69 Å². The number of hydrogen-bond donors (Lipinski definition) is 0. The van der Waals surface area contributed by atoms with Crippen molar-refractivity contribution in [3.63, 3.8) is 0 Å². The van der Waals surface area contributed by atoms with Crippen molar-refractivity contribution < 1.29 is 37.5 Å². The molecular weight excluding hydrogens is 513 g/mol. The minimum absolute atomic E-state index is 0.0559. The van der Waals surface area contributed by atoms with Crippen LogP contribution in [0.3, 0.4) is 0 Å². The highest BCUT2D eigenvalue weighted by molar-refractivity contribution is 7.47. The third-order valence-electron chi connectivity index (χ3n) is 4.83. The van der Waals surface area contributed by atoms with E-state index < -0.39 is 12.7 Å². The second-order valence-electron chi connectivity index (χ2n) is 7.33. The summed E-state index contributed by atoms with van der Waals surface area (Å²) in [7, 11) is -0.756. The van der Waals surface area contributed by atoms with Crippen molar-refractivity contribution in [3.8, 4) is 34.8 Å². The lowest BCUT2D eigenvalue weighted by molar-refractivity contribution is -0.536. The van der Waals surface area contributed by atoms with E-state index in [2.05, 4.69) is 0 Å². The van der Waals surface area contributed by atoms with Gasteiger partial charge >= 0.3 is 7.75 Å². The Morgan fingerprint density at radius 3 is 1.55 bits per heavy atom. The van der Waals surface area contributed by atoms with Crippen molar-refractivity contribution in [2.24, 2.45) is 0 Å². The van der Waals surface area contributed by atoms with Gasteiger partial charge in [-0.1, -0.05) is 16.5 Å². The summed E-state index contributed by atoms with van der Waals surface area (Å²) in [6, 6.07) is 23.1. The molecule has 1 heterocycles. The molecule has 11 nitrogen and oxygen atoms in total. The van der Waals surface area contributed by atoms with Gasteiger partial charge in [0.15, 0.2) is 12.4 Å². The molecule has 0 fully saturated rings. The predicted molar refractivity (Wildman–Crippen MR) is 134 cm³/mol. The molecule has 0 saturated carbocycles. The number of non-ortho nitro benzene ring substituents is 1. The van der Waals surface area contributed by atoms with Crippen LogP contribution in [0, 0.1) is 21.4 Å².